The summed E-state index contributed by atoms with van der Waals surface area (Å²) in [5.41, 5.74) is 1.76. The largest absolute Gasteiger partial charge is 0.491 e. The van der Waals surface area contributed by atoms with Gasteiger partial charge in [-0.2, -0.15) is 0 Å². The summed E-state index contributed by atoms with van der Waals surface area (Å²) >= 11 is 8.43. The van der Waals surface area contributed by atoms with Crippen molar-refractivity contribution in [3.8, 4) is 5.75 Å². The van der Waals surface area contributed by atoms with E-state index in [0.29, 0.717) is 9.23 Å². The minimum Gasteiger partial charge on any atom is -0.491 e. The summed E-state index contributed by atoms with van der Waals surface area (Å²) in [7, 11) is 0. The third-order valence-electron chi connectivity index (χ3n) is 4.20. The van der Waals surface area contributed by atoms with Crippen LogP contribution in [0.15, 0.2) is 58.3 Å². The lowest BCUT2D eigenvalue weighted by Gasteiger charge is -2.15. The zero-order valence-electron chi connectivity index (χ0n) is 15.5. The molecule has 1 aliphatic rings. The third-order valence-corrected chi connectivity index (χ3v) is 6.22. The van der Waals surface area contributed by atoms with E-state index in [0.717, 1.165) is 28.3 Å². The first-order valence-corrected chi connectivity index (χ1v) is 11.2. The fourth-order valence-corrected chi connectivity index (χ4v) is 4.30. The molecule has 3 rings (SSSR count). The monoisotopic (exact) mass is 415 g/mol. The molecule has 0 unspecified atom stereocenters. The van der Waals surface area contributed by atoms with Crippen LogP contribution in [0, 0.1) is 0 Å². The van der Waals surface area contributed by atoms with Crippen molar-refractivity contribution >= 4 is 57.7 Å². The van der Waals surface area contributed by atoms with Crippen LogP contribution < -0.4 is 9.64 Å². The summed E-state index contributed by atoms with van der Waals surface area (Å²) in [6, 6.07) is 15.6. The molecule has 1 saturated heterocycles. The van der Waals surface area contributed by atoms with Gasteiger partial charge in [0.1, 0.15) is 5.75 Å². The lowest BCUT2D eigenvalue weighted by atomic mass is 10.2. The predicted octanol–water partition coefficient (Wildman–Crippen LogP) is 5.99. The highest BCUT2D eigenvalue weighted by molar-refractivity contribution is 8.27. The first-order valence-electron chi connectivity index (χ1n) is 8.70. The highest BCUT2D eigenvalue weighted by Crippen LogP contribution is 2.37. The topological polar surface area (TPSA) is 29.5 Å². The molecule has 1 fully saturated rings. The van der Waals surface area contributed by atoms with Crippen molar-refractivity contribution in [2.45, 2.75) is 31.3 Å². The summed E-state index contributed by atoms with van der Waals surface area (Å²) < 4.78 is 6.36. The fraction of sp³-hybridized carbons (Fsp3) is 0.238. The Morgan fingerprint density at radius 3 is 2.67 bits per heavy atom. The van der Waals surface area contributed by atoms with E-state index in [1.165, 1.54) is 11.8 Å². The molecule has 140 valence electrons. The predicted molar refractivity (Wildman–Crippen MR) is 121 cm³/mol. The average molecular weight is 416 g/mol. The fourth-order valence-electron chi connectivity index (χ4n) is 2.55. The zero-order chi connectivity index (χ0) is 19.4. The number of benzene rings is 2. The molecule has 0 saturated carbocycles. The third kappa shape index (κ3) is 4.75. The smallest absolute Gasteiger partial charge is 0.270 e. The number of anilines is 1. The first kappa shape index (κ1) is 20.0. The Morgan fingerprint density at radius 2 is 2.00 bits per heavy atom. The van der Waals surface area contributed by atoms with Gasteiger partial charge in [0.15, 0.2) is 4.32 Å². The maximum Gasteiger partial charge on any atom is 0.270 e. The van der Waals surface area contributed by atoms with Crippen molar-refractivity contribution in [1.82, 2.24) is 0 Å². The molecule has 1 atom stereocenters. The van der Waals surface area contributed by atoms with Crippen LogP contribution in [0.2, 0.25) is 0 Å². The molecule has 0 aromatic heterocycles. The van der Waals surface area contributed by atoms with Crippen LogP contribution in [0.1, 0.15) is 25.8 Å². The number of thiocarbonyl (C=S) groups is 1. The van der Waals surface area contributed by atoms with E-state index in [2.05, 4.69) is 6.92 Å². The number of carbonyl (C=O) groups is 1. The standard InChI is InChI=1S/C21H21NO2S3/c1-4-14(2)24-17-10-8-15(9-11-17)12-19-20(23)22(21(25)27-19)16-6-5-7-18(13-16)26-3/h5-14H,4H2,1-3H3/b19-12-/t14-/m1/s1. The van der Waals surface area contributed by atoms with Gasteiger partial charge in [-0.15, -0.1) is 11.8 Å². The zero-order valence-corrected chi connectivity index (χ0v) is 17.9. The molecule has 2 aromatic carbocycles. The van der Waals surface area contributed by atoms with Crippen molar-refractivity contribution in [2.24, 2.45) is 0 Å². The van der Waals surface area contributed by atoms with Crippen LogP contribution in [0.25, 0.3) is 6.08 Å². The van der Waals surface area contributed by atoms with E-state index in [9.17, 15) is 4.79 Å². The molecule has 6 heteroatoms. The number of hydrogen-bond acceptors (Lipinski definition) is 5. The van der Waals surface area contributed by atoms with E-state index in [1.807, 2.05) is 67.8 Å². The molecule has 0 bridgehead atoms. The number of ether oxygens (including phenoxy) is 1. The van der Waals surface area contributed by atoms with Crippen molar-refractivity contribution in [3.05, 3.63) is 59.0 Å². The number of amides is 1. The Bertz CT molecular complexity index is 877. The van der Waals surface area contributed by atoms with Gasteiger partial charge in [0.2, 0.25) is 0 Å². The number of carbonyl (C=O) groups excluding carboxylic acids is 1. The SMILES string of the molecule is CC[C@@H](C)Oc1ccc(/C=C2\SC(=S)N(c3cccc(SC)c3)C2=O)cc1. The quantitative estimate of drug-likeness (QED) is 0.328. The summed E-state index contributed by atoms with van der Waals surface area (Å²) in [5.74, 6) is 0.756. The number of rotatable bonds is 6. The molecular weight excluding hydrogens is 394 g/mol. The second-order valence-corrected chi connectivity index (χ2v) is 8.68. The van der Waals surface area contributed by atoms with Gasteiger partial charge in [0.25, 0.3) is 5.91 Å². The van der Waals surface area contributed by atoms with Crippen molar-refractivity contribution < 1.29 is 9.53 Å². The van der Waals surface area contributed by atoms with E-state index < -0.39 is 0 Å². The maximum absolute atomic E-state index is 12.9. The summed E-state index contributed by atoms with van der Waals surface area (Å²) in [6.45, 7) is 4.14. The second kappa shape index (κ2) is 8.95. The molecule has 27 heavy (non-hydrogen) atoms. The molecule has 1 amide bonds. The van der Waals surface area contributed by atoms with Gasteiger partial charge in [-0.05, 0) is 61.6 Å². The van der Waals surface area contributed by atoms with Crippen LogP contribution in [0.4, 0.5) is 5.69 Å². The summed E-state index contributed by atoms with van der Waals surface area (Å²) in [4.78, 5) is 16.2. The van der Waals surface area contributed by atoms with Gasteiger partial charge in [-0.1, -0.05) is 49.1 Å². The molecule has 1 aliphatic heterocycles. The van der Waals surface area contributed by atoms with Gasteiger partial charge in [0.05, 0.1) is 16.7 Å². The summed E-state index contributed by atoms with van der Waals surface area (Å²) in [5, 5.41) is 0. The van der Waals surface area contributed by atoms with E-state index in [4.69, 9.17) is 17.0 Å². The van der Waals surface area contributed by atoms with Crippen LogP contribution in [-0.4, -0.2) is 22.6 Å². The number of thioether (sulfide) groups is 2. The molecule has 0 aliphatic carbocycles. The highest BCUT2D eigenvalue weighted by Gasteiger charge is 2.33. The summed E-state index contributed by atoms with van der Waals surface area (Å²) in [6.07, 6.45) is 5.04. The maximum atomic E-state index is 12.9. The molecule has 3 nitrogen and oxygen atoms in total. The Kier molecular flexibility index (Phi) is 6.63. The van der Waals surface area contributed by atoms with Gasteiger partial charge >= 0.3 is 0 Å². The van der Waals surface area contributed by atoms with Crippen molar-refractivity contribution in [1.29, 1.82) is 0 Å². The van der Waals surface area contributed by atoms with E-state index in [1.54, 1.807) is 16.7 Å². The minimum atomic E-state index is -0.0804. The molecular formula is C21H21NO2S3. The van der Waals surface area contributed by atoms with Gasteiger partial charge in [0, 0.05) is 4.90 Å². The number of nitrogens with zero attached hydrogens (tertiary/aromatic N) is 1. The van der Waals surface area contributed by atoms with Crippen molar-refractivity contribution in [3.63, 3.8) is 0 Å². The second-order valence-electron chi connectivity index (χ2n) is 6.12. The van der Waals surface area contributed by atoms with Crippen LogP contribution in [0.5, 0.6) is 5.75 Å². The van der Waals surface area contributed by atoms with Crippen LogP contribution >= 0.6 is 35.7 Å². The van der Waals surface area contributed by atoms with E-state index >= 15 is 0 Å². The molecule has 0 radical (unpaired) electrons. The van der Waals surface area contributed by atoms with Crippen LogP contribution in [0.3, 0.4) is 0 Å². The molecule has 2 aromatic rings. The van der Waals surface area contributed by atoms with Gasteiger partial charge < -0.3 is 4.74 Å². The highest BCUT2D eigenvalue weighted by atomic mass is 32.2. The van der Waals surface area contributed by atoms with Gasteiger partial charge in [-0.3, -0.25) is 9.69 Å². The Balaban J connectivity index is 1.79. The lowest BCUT2D eigenvalue weighted by molar-refractivity contribution is -0.113. The average Bonchev–Trinajstić information content (AvgIpc) is 2.96. The van der Waals surface area contributed by atoms with Crippen molar-refractivity contribution in [2.75, 3.05) is 11.2 Å². The van der Waals surface area contributed by atoms with E-state index in [-0.39, 0.29) is 12.0 Å². The molecule has 1 heterocycles. The van der Waals surface area contributed by atoms with Gasteiger partial charge in [-0.25, -0.2) is 0 Å². The molecule has 0 spiro atoms. The lowest BCUT2D eigenvalue weighted by Crippen LogP contribution is -2.27. The Morgan fingerprint density at radius 1 is 1.26 bits per heavy atom. The molecule has 0 N–H and O–H groups in total. The normalized spacial score (nSPS) is 16.9. The number of hydrogen-bond donors (Lipinski definition) is 0. The minimum absolute atomic E-state index is 0.0804. The first-order chi connectivity index (χ1) is 13.0. The van der Waals surface area contributed by atoms with Crippen LogP contribution in [-0.2, 0) is 4.79 Å². The Labute approximate surface area is 174 Å². The Hall–Kier alpha value is -1.76.